The van der Waals surface area contributed by atoms with Crippen molar-refractivity contribution in [2.75, 3.05) is 16.8 Å². The second kappa shape index (κ2) is 12.2. The van der Waals surface area contributed by atoms with E-state index in [9.17, 15) is 14.7 Å². The second-order valence-electron chi connectivity index (χ2n) is 9.78. The molecule has 1 amide bonds. The van der Waals surface area contributed by atoms with Gasteiger partial charge in [0.15, 0.2) is 11.7 Å². The minimum atomic E-state index is -0.989. The number of pyridine rings is 1. The highest BCUT2D eigenvalue weighted by atomic mass is 32.1. The van der Waals surface area contributed by atoms with Gasteiger partial charge in [0.1, 0.15) is 23.3 Å². The highest BCUT2D eigenvalue weighted by Gasteiger charge is 2.42. The number of rotatable bonds is 9. The van der Waals surface area contributed by atoms with Crippen molar-refractivity contribution in [2.45, 2.75) is 12.1 Å². The first-order chi connectivity index (χ1) is 21.0. The van der Waals surface area contributed by atoms with E-state index in [1.807, 2.05) is 65.6 Å². The number of nitrogens with zero attached hydrogens (tertiary/aromatic N) is 2. The van der Waals surface area contributed by atoms with E-state index in [0.717, 1.165) is 16.9 Å². The van der Waals surface area contributed by atoms with Gasteiger partial charge in [-0.25, -0.2) is 4.79 Å². The number of hydrogen-bond acceptors (Lipinski definition) is 6. The smallest absolute Gasteiger partial charge is 0.335 e. The zero-order valence-corrected chi connectivity index (χ0v) is 23.5. The number of amides is 1. The molecule has 1 saturated heterocycles. The molecule has 10 heteroatoms. The molecule has 1 aliphatic heterocycles. The number of nitrogens with one attached hydrogen (secondary N) is 2. The maximum Gasteiger partial charge on any atom is 0.335 e. The van der Waals surface area contributed by atoms with Gasteiger partial charge in [-0.3, -0.25) is 9.78 Å². The number of carbonyl (C=O) groups is 2. The first kappa shape index (κ1) is 27.7. The van der Waals surface area contributed by atoms with E-state index in [4.69, 9.17) is 21.4 Å². The molecule has 0 unspecified atom stereocenters. The van der Waals surface area contributed by atoms with Gasteiger partial charge >= 0.3 is 5.97 Å². The van der Waals surface area contributed by atoms with Crippen LogP contribution in [-0.2, 0) is 4.79 Å². The Balaban J connectivity index is 1.25. The molecule has 0 aliphatic carbocycles. The SMILES string of the molecule is O=C(COc1ccccc1)Nc1ccc(N2C(=S)N[C@@H](c3ccccn3)[C@H]2c2ccc(-c3ccc(C(=O)O)cc3)o2)cc1. The molecule has 0 bridgehead atoms. The average Bonchev–Trinajstić information content (AvgIpc) is 3.66. The van der Waals surface area contributed by atoms with Crippen molar-refractivity contribution < 1.29 is 23.8 Å². The predicted molar refractivity (Wildman–Crippen MR) is 166 cm³/mol. The lowest BCUT2D eigenvalue weighted by atomic mass is 10.0. The fourth-order valence-corrected chi connectivity index (χ4v) is 5.28. The van der Waals surface area contributed by atoms with Crippen molar-refractivity contribution in [2.24, 2.45) is 0 Å². The molecule has 43 heavy (non-hydrogen) atoms. The monoisotopic (exact) mass is 590 g/mol. The van der Waals surface area contributed by atoms with Crippen LogP contribution in [0.3, 0.4) is 0 Å². The topological polar surface area (TPSA) is 117 Å². The van der Waals surface area contributed by atoms with Crippen LogP contribution >= 0.6 is 12.2 Å². The summed E-state index contributed by atoms with van der Waals surface area (Å²) in [5.74, 6) is 0.602. The summed E-state index contributed by atoms with van der Waals surface area (Å²) in [6.45, 7) is -0.112. The number of anilines is 2. The van der Waals surface area contributed by atoms with E-state index in [0.29, 0.717) is 28.1 Å². The maximum atomic E-state index is 12.5. The molecule has 0 spiro atoms. The molecule has 3 heterocycles. The molecule has 214 valence electrons. The average molecular weight is 591 g/mol. The van der Waals surface area contributed by atoms with Crippen molar-refractivity contribution in [1.29, 1.82) is 0 Å². The van der Waals surface area contributed by atoms with Crippen molar-refractivity contribution in [3.8, 4) is 17.1 Å². The fourth-order valence-electron chi connectivity index (χ4n) is 4.93. The Kier molecular flexibility index (Phi) is 7.84. The van der Waals surface area contributed by atoms with E-state index in [1.54, 1.807) is 54.7 Å². The summed E-state index contributed by atoms with van der Waals surface area (Å²) >= 11 is 5.80. The standard InChI is InChI=1S/C33H26N4O5S/c38-29(20-41-25-6-2-1-3-7-25)35-23-13-15-24(16-14-23)37-31(30(36-33(37)43)26-8-4-5-19-34-26)28-18-17-27(42-28)21-9-11-22(12-10-21)32(39)40/h1-19,30-31H,20H2,(H,35,38)(H,36,43)(H,39,40)/t30-,31+/m0/s1. The van der Waals surface area contributed by atoms with E-state index >= 15 is 0 Å². The van der Waals surface area contributed by atoms with Gasteiger partial charge in [0.2, 0.25) is 0 Å². The molecule has 3 N–H and O–H groups in total. The maximum absolute atomic E-state index is 12.5. The number of carboxylic acids is 1. The Labute approximate surface area is 252 Å². The summed E-state index contributed by atoms with van der Waals surface area (Å²) in [6.07, 6.45) is 1.73. The van der Waals surface area contributed by atoms with Crippen LogP contribution in [-0.4, -0.2) is 33.7 Å². The lowest BCUT2D eigenvalue weighted by Gasteiger charge is -2.26. The van der Waals surface area contributed by atoms with E-state index < -0.39 is 5.97 Å². The van der Waals surface area contributed by atoms with Gasteiger partial charge in [-0.15, -0.1) is 0 Å². The molecular weight excluding hydrogens is 564 g/mol. The number of benzene rings is 3. The highest BCUT2D eigenvalue weighted by Crippen LogP contribution is 2.43. The number of carboxylic acid groups (broad SMARTS) is 1. The molecule has 2 aromatic heterocycles. The Bertz CT molecular complexity index is 1740. The molecule has 9 nitrogen and oxygen atoms in total. The minimum Gasteiger partial charge on any atom is -0.484 e. The molecule has 2 atom stereocenters. The summed E-state index contributed by atoms with van der Waals surface area (Å²) in [5, 5.41) is 16.0. The number of ether oxygens (including phenoxy) is 1. The van der Waals surface area contributed by atoms with Crippen LogP contribution in [0.5, 0.6) is 5.75 Å². The van der Waals surface area contributed by atoms with Gasteiger partial charge in [-0.05, 0) is 85.0 Å². The number of hydrogen-bond donors (Lipinski definition) is 3. The Morgan fingerprint density at radius 3 is 2.37 bits per heavy atom. The quantitative estimate of drug-likeness (QED) is 0.172. The Morgan fingerprint density at radius 1 is 0.930 bits per heavy atom. The van der Waals surface area contributed by atoms with Gasteiger partial charge in [-0.2, -0.15) is 0 Å². The molecule has 3 aromatic carbocycles. The third kappa shape index (κ3) is 6.09. The number of para-hydroxylation sites is 1. The molecule has 1 fully saturated rings. The lowest BCUT2D eigenvalue weighted by molar-refractivity contribution is -0.118. The number of carbonyl (C=O) groups excluding carboxylic acids is 1. The van der Waals surface area contributed by atoms with Crippen molar-refractivity contribution in [1.82, 2.24) is 10.3 Å². The third-order valence-corrected chi connectivity index (χ3v) is 7.29. The fraction of sp³-hybridized carbons (Fsp3) is 0.0909. The number of furan rings is 1. The second-order valence-corrected chi connectivity index (χ2v) is 10.2. The molecule has 0 radical (unpaired) electrons. The molecule has 6 rings (SSSR count). The van der Waals surface area contributed by atoms with Crippen LogP contribution in [0.25, 0.3) is 11.3 Å². The van der Waals surface area contributed by atoms with E-state index in [2.05, 4.69) is 15.6 Å². The van der Waals surface area contributed by atoms with Crippen molar-refractivity contribution >= 4 is 40.6 Å². The van der Waals surface area contributed by atoms with Crippen LogP contribution in [0, 0.1) is 0 Å². The van der Waals surface area contributed by atoms with Gasteiger partial charge in [0.25, 0.3) is 5.91 Å². The number of thiocarbonyl (C=S) groups is 1. The summed E-state index contributed by atoms with van der Waals surface area (Å²) in [5.41, 5.74) is 3.16. The van der Waals surface area contributed by atoms with E-state index in [1.165, 1.54) is 0 Å². The summed E-state index contributed by atoms with van der Waals surface area (Å²) < 4.78 is 11.9. The molecular formula is C33H26N4O5S. The van der Waals surface area contributed by atoms with E-state index in [-0.39, 0.29) is 30.2 Å². The highest BCUT2D eigenvalue weighted by molar-refractivity contribution is 7.80. The van der Waals surface area contributed by atoms with Gasteiger partial charge < -0.3 is 29.8 Å². The lowest BCUT2D eigenvalue weighted by Crippen LogP contribution is -2.29. The number of aromatic nitrogens is 1. The Morgan fingerprint density at radius 2 is 1.67 bits per heavy atom. The zero-order valence-electron chi connectivity index (χ0n) is 22.7. The third-order valence-electron chi connectivity index (χ3n) is 6.98. The molecule has 5 aromatic rings. The minimum absolute atomic E-state index is 0.112. The molecule has 1 aliphatic rings. The van der Waals surface area contributed by atoms with Gasteiger partial charge in [-0.1, -0.05) is 36.4 Å². The first-order valence-electron chi connectivity index (χ1n) is 13.5. The number of aromatic carboxylic acids is 1. The Hall–Kier alpha value is -5.48. The van der Waals surface area contributed by atoms with Crippen molar-refractivity contribution in [3.05, 3.63) is 132 Å². The van der Waals surface area contributed by atoms with Crippen LogP contribution < -0.4 is 20.3 Å². The normalized spacial score (nSPS) is 16.0. The zero-order chi connectivity index (χ0) is 29.8. The summed E-state index contributed by atoms with van der Waals surface area (Å²) in [6, 6.07) is 31.8. The van der Waals surface area contributed by atoms with Crippen LogP contribution in [0.1, 0.15) is 33.9 Å². The van der Waals surface area contributed by atoms with Crippen LogP contribution in [0.2, 0.25) is 0 Å². The van der Waals surface area contributed by atoms with Gasteiger partial charge in [0.05, 0.1) is 17.3 Å². The summed E-state index contributed by atoms with van der Waals surface area (Å²) in [7, 11) is 0. The predicted octanol–water partition coefficient (Wildman–Crippen LogP) is 6.23. The largest absolute Gasteiger partial charge is 0.484 e. The van der Waals surface area contributed by atoms with Crippen molar-refractivity contribution in [3.63, 3.8) is 0 Å². The molecule has 0 saturated carbocycles. The van der Waals surface area contributed by atoms with Gasteiger partial charge in [0, 0.05) is 23.1 Å². The summed E-state index contributed by atoms with van der Waals surface area (Å²) in [4.78, 5) is 30.3. The van der Waals surface area contributed by atoms with Crippen LogP contribution in [0.4, 0.5) is 11.4 Å². The van der Waals surface area contributed by atoms with Crippen LogP contribution in [0.15, 0.2) is 120 Å². The first-order valence-corrected chi connectivity index (χ1v) is 13.9.